The number of hydrogen-bond acceptors (Lipinski definition) is 2. The molecule has 0 heterocycles. The Morgan fingerprint density at radius 3 is 1.54 bits per heavy atom. The summed E-state index contributed by atoms with van der Waals surface area (Å²) in [7, 11) is 0. The van der Waals surface area contributed by atoms with E-state index in [-0.39, 0.29) is 57.6 Å². The minimum atomic E-state index is -0.458. The van der Waals surface area contributed by atoms with Crippen molar-refractivity contribution in [2.24, 2.45) is 5.73 Å². The standard InChI is InChI=1S/C5H10NOSe.CH2NOSe.K.H/c1-3-6(4-2)5(7)8;2-1(3)4;;/h3-4H2,1-2H3;(H2,2,3);;/q;;+1;-1. The third-order valence-corrected chi connectivity index (χ3v) is 1.56. The van der Waals surface area contributed by atoms with Gasteiger partial charge in [-0.1, -0.05) is 0 Å². The molecule has 0 aliphatic heterocycles. The molecule has 0 fully saturated rings. The van der Waals surface area contributed by atoms with E-state index in [0.717, 1.165) is 13.1 Å². The van der Waals surface area contributed by atoms with Crippen molar-refractivity contribution < 1.29 is 62.4 Å². The topological polar surface area (TPSA) is 63.4 Å². The minimum Gasteiger partial charge on any atom is -1.00 e. The van der Waals surface area contributed by atoms with Gasteiger partial charge in [0.1, 0.15) is 0 Å². The quantitative estimate of drug-likeness (QED) is 0.543. The van der Waals surface area contributed by atoms with Crippen LogP contribution in [0.4, 0.5) is 9.59 Å². The van der Waals surface area contributed by atoms with Gasteiger partial charge >= 0.3 is 140 Å². The van der Waals surface area contributed by atoms with E-state index in [1.807, 2.05) is 29.9 Å². The van der Waals surface area contributed by atoms with Crippen LogP contribution in [0.15, 0.2) is 0 Å². The van der Waals surface area contributed by atoms with Gasteiger partial charge in [-0.2, -0.15) is 0 Å². The summed E-state index contributed by atoms with van der Waals surface area (Å²) in [5.74, 6) is 0. The number of carbonyl (C=O) groups is 2. The van der Waals surface area contributed by atoms with Gasteiger partial charge in [-0.3, -0.25) is 0 Å². The van der Waals surface area contributed by atoms with Crippen molar-refractivity contribution in [2.45, 2.75) is 13.8 Å². The number of nitrogens with zero attached hydrogens (tertiary/aromatic N) is 1. The summed E-state index contributed by atoms with van der Waals surface area (Å²) in [5.41, 5.74) is 4.42. The molecule has 2 radical (unpaired) electrons. The Balaban J connectivity index is -0.0000000733. The maximum atomic E-state index is 10.5. The van der Waals surface area contributed by atoms with Gasteiger partial charge in [-0.25, -0.2) is 0 Å². The first-order chi connectivity index (χ1) is 5.45. The largest absolute Gasteiger partial charge is 1.00 e. The summed E-state index contributed by atoms with van der Waals surface area (Å²) in [6.45, 7) is 5.50. The molecule has 0 saturated heterocycles. The van der Waals surface area contributed by atoms with Gasteiger partial charge in [-0.15, -0.1) is 0 Å². The SMILES string of the molecule is CCN(CC)C(=O)[Se].NC(=O)[Se].[H-].[K+]. The van der Waals surface area contributed by atoms with Gasteiger partial charge in [-0.05, 0) is 0 Å². The maximum absolute atomic E-state index is 10.5. The summed E-state index contributed by atoms with van der Waals surface area (Å²) in [4.78, 5) is 20.9. The molecule has 72 valence electrons. The van der Waals surface area contributed by atoms with Crippen LogP contribution in [0.3, 0.4) is 0 Å². The normalized spacial score (nSPS) is 7.23. The maximum Gasteiger partial charge on any atom is 1.00 e. The number of hydrogen-bond donors (Lipinski definition) is 1. The monoisotopic (exact) mass is 344 g/mol. The molecule has 0 aliphatic rings. The fraction of sp³-hybridized carbons (Fsp3) is 0.667. The second-order valence-electron chi connectivity index (χ2n) is 1.76. The molecular formula is C6H13KN2O2Se2. The third-order valence-electron chi connectivity index (χ3n) is 1.02. The summed E-state index contributed by atoms with van der Waals surface area (Å²) in [5, 5.41) is 0. The van der Waals surface area contributed by atoms with E-state index in [2.05, 4.69) is 21.7 Å². The smallest absolute Gasteiger partial charge is 1.00 e. The van der Waals surface area contributed by atoms with E-state index in [1.54, 1.807) is 4.90 Å². The van der Waals surface area contributed by atoms with Gasteiger partial charge < -0.3 is 1.43 Å². The zero-order chi connectivity index (χ0) is 10.1. The summed E-state index contributed by atoms with van der Waals surface area (Å²) >= 11 is 4.47. The first kappa shape index (κ1) is 20.1. The van der Waals surface area contributed by atoms with Crippen LogP contribution in [-0.2, 0) is 0 Å². The second-order valence-corrected chi connectivity index (χ2v) is 3.33. The molecule has 0 atom stereocenters. The fourth-order valence-corrected chi connectivity index (χ4v) is 1.02. The fourth-order valence-electron chi connectivity index (χ4n) is 0.482. The van der Waals surface area contributed by atoms with E-state index in [1.165, 1.54) is 0 Å². The zero-order valence-corrected chi connectivity index (χ0v) is 14.6. The summed E-state index contributed by atoms with van der Waals surface area (Å²) in [6.07, 6.45) is 0. The molecule has 0 aliphatic carbocycles. The number of rotatable bonds is 2. The molecule has 4 nitrogen and oxygen atoms in total. The molecule has 2 N–H and O–H groups in total. The van der Waals surface area contributed by atoms with Crippen LogP contribution in [0.1, 0.15) is 15.3 Å². The van der Waals surface area contributed by atoms with Crippen molar-refractivity contribution in [3.8, 4) is 0 Å². The molecule has 13 heavy (non-hydrogen) atoms. The number of nitrogens with two attached hydrogens (primary N) is 1. The Morgan fingerprint density at radius 1 is 1.31 bits per heavy atom. The number of primary amides is 1. The average molecular weight is 342 g/mol. The zero-order valence-electron chi connectivity index (χ0n) is 9.07. The van der Waals surface area contributed by atoms with Crippen LogP contribution in [0, 0.1) is 0 Å². The first-order valence-corrected chi connectivity index (χ1v) is 5.09. The molecule has 0 rings (SSSR count). The van der Waals surface area contributed by atoms with E-state index in [4.69, 9.17) is 4.79 Å². The Hall–Kier alpha value is 1.62. The van der Waals surface area contributed by atoms with Crippen molar-refractivity contribution in [2.75, 3.05) is 13.1 Å². The van der Waals surface area contributed by atoms with Crippen LogP contribution in [-0.4, -0.2) is 59.6 Å². The molecule has 2 amide bonds. The van der Waals surface area contributed by atoms with Crippen LogP contribution in [0.25, 0.3) is 0 Å². The van der Waals surface area contributed by atoms with Gasteiger partial charge in [0.05, 0.1) is 0 Å². The predicted octanol–water partition coefficient (Wildman–Crippen LogP) is -3.03. The molecule has 7 heteroatoms. The van der Waals surface area contributed by atoms with Gasteiger partial charge in [0.25, 0.3) is 0 Å². The van der Waals surface area contributed by atoms with Crippen LogP contribution in [0.2, 0.25) is 0 Å². The number of amides is 2. The minimum absolute atomic E-state index is 0. The Kier molecular flexibility index (Phi) is 21.0. The molecule has 0 aromatic carbocycles. The van der Waals surface area contributed by atoms with Gasteiger partial charge in [0, 0.05) is 0 Å². The van der Waals surface area contributed by atoms with E-state index in [9.17, 15) is 4.79 Å². The van der Waals surface area contributed by atoms with Gasteiger partial charge in [0.15, 0.2) is 0 Å². The van der Waals surface area contributed by atoms with Crippen LogP contribution in [0.5, 0.6) is 0 Å². The molecule has 0 aromatic rings. The van der Waals surface area contributed by atoms with E-state index >= 15 is 0 Å². The molecule has 0 spiro atoms. The Labute approximate surface area is 139 Å². The average Bonchev–Trinajstić information content (AvgIpc) is 1.87. The third kappa shape index (κ3) is 19.9. The predicted molar refractivity (Wildman–Crippen MR) is 50.5 cm³/mol. The second kappa shape index (κ2) is 13.6. The van der Waals surface area contributed by atoms with Crippen molar-refractivity contribution in [1.82, 2.24) is 4.90 Å². The Bertz CT molecular complexity index is 155. The van der Waals surface area contributed by atoms with Crippen molar-refractivity contribution in [3.05, 3.63) is 0 Å². The van der Waals surface area contributed by atoms with Crippen LogP contribution >= 0.6 is 0 Å². The summed E-state index contributed by atoms with van der Waals surface area (Å²) in [6, 6.07) is 0. The molecule has 0 unspecified atom stereocenters. The Morgan fingerprint density at radius 2 is 1.54 bits per heavy atom. The van der Waals surface area contributed by atoms with Crippen molar-refractivity contribution in [3.63, 3.8) is 0 Å². The van der Waals surface area contributed by atoms with Crippen molar-refractivity contribution in [1.29, 1.82) is 0 Å². The summed E-state index contributed by atoms with van der Waals surface area (Å²) < 4.78 is 0. The van der Waals surface area contributed by atoms with E-state index < -0.39 is 4.81 Å². The molecule has 0 bridgehead atoms. The number of carbonyl (C=O) groups excluding carboxylic acids is 2. The van der Waals surface area contributed by atoms with Crippen molar-refractivity contribution >= 4 is 41.6 Å². The molecular weight excluding hydrogens is 329 g/mol. The van der Waals surface area contributed by atoms with Crippen LogP contribution < -0.4 is 57.1 Å². The molecule has 0 saturated carbocycles. The van der Waals surface area contributed by atoms with Gasteiger partial charge in [0.2, 0.25) is 0 Å². The van der Waals surface area contributed by atoms with E-state index in [0.29, 0.717) is 0 Å². The molecule has 0 aromatic heterocycles. The first-order valence-electron chi connectivity index (χ1n) is 3.38.